The molecule has 0 unspecified atom stereocenters. The summed E-state index contributed by atoms with van der Waals surface area (Å²) < 4.78 is 21.5. The average Bonchev–Trinajstić information content (AvgIpc) is 3.19. The Balaban J connectivity index is 1.65. The molecule has 0 atom stereocenters. The summed E-state index contributed by atoms with van der Waals surface area (Å²) in [5.74, 6) is 0.980. The maximum absolute atomic E-state index is 7.15. The maximum atomic E-state index is 7.15. The molecule has 0 N–H and O–H groups in total. The van der Waals surface area contributed by atoms with Crippen molar-refractivity contribution in [3.05, 3.63) is 69.8 Å². The van der Waals surface area contributed by atoms with Crippen molar-refractivity contribution in [1.29, 1.82) is 0 Å². The minimum atomic E-state index is -1.78. The van der Waals surface area contributed by atoms with Crippen LogP contribution in [0, 0.1) is 27.7 Å². The Morgan fingerprint density at radius 3 is 1.49 bits per heavy atom. The highest BCUT2D eigenvalue weighted by molar-refractivity contribution is 7.67. The van der Waals surface area contributed by atoms with Crippen LogP contribution in [-0.2, 0) is 10.8 Å². The molecule has 0 radical (unpaired) electrons. The van der Waals surface area contributed by atoms with Gasteiger partial charge in [-0.15, -0.1) is 0 Å². The second-order valence-corrected chi connectivity index (χ2v) is 20.3. The van der Waals surface area contributed by atoms with Gasteiger partial charge in [-0.05, 0) is 104 Å². The molecule has 0 bridgehead atoms. The van der Waals surface area contributed by atoms with Crippen molar-refractivity contribution >= 4 is 43.4 Å². The van der Waals surface area contributed by atoms with Gasteiger partial charge < -0.3 is 12.9 Å². The molecule has 0 saturated heterocycles. The van der Waals surface area contributed by atoms with Gasteiger partial charge in [0.05, 0.1) is 0 Å². The van der Waals surface area contributed by atoms with Crippen molar-refractivity contribution in [2.75, 3.05) is 0 Å². The van der Waals surface area contributed by atoms with Crippen LogP contribution in [0.4, 0.5) is 0 Å². The van der Waals surface area contributed by atoms with Crippen molar-refractivity contribution in [2.45, 2.75) is 156 Å². The minimum Gasteiger partial charge on any atom is -0.390 e. The van der Waals surface area contributed by atoms with Gasteiger partial charge in [-0.1, -0.05) is 118 Å². The van der Waals surface area contributed by atoms with E-state index in [1.54, 1.807) is 0 Å². The summed E-state index contributed by atoms with van der Waals surface area (Å²) in [6.07, 6.45) is 13.7. The summed E-state index contributed by atoms with van der Waals surface area (Å²) in [5.41, 5.74) is 10.7. The molecule has 2 saturated carbocycles. The number of para-hydroxylation sites is 1. The molecular formula is C42H58O3P2. The van der Waals surface area contributed by atoms with E-state index in [0.29, 0.717) is 0 Å². The van der Waals surface area contributed by atoms with E-state index in [9.17, 15) is 0 Å². The zero-order valence-corrected chi connectivity index (χ0v) is 32.6. The van der Waals surface area contributed by atoms with Crippen LogP contribution in [0.3, 0.4) is 0 Å². The molecular weight excluding hydrogens is 614 g/mol. The van der Waals surface area contributed by atoms with E-state index in [1.807, 2.05) is 0 Å². The normalized spacial score (nSPS) is 17.2. The van der Waals surface area contributed by atoms with Gasteiger partial charge in [0, 0.05) is 27.2 Å². The van der Waals surface area contributed by atoms with Crippen LogP contribution >= 0.6 is 16.2 Å². The molecule has 2 aliphatic carbocycles. The lowest BCUT2D eigenvalue weighted by molar-refractivity contribution is 0.483. The SMILES string of the molecule is Cc1cc(C(C)(C)C)c2op(Oc3ccccc3P(C3CCCCC3)C3CCCCC3)oc3c(C(C)(C)C)cc(C)c(C)c3c2c1C. The lowest BCUT2D eigenvalue weighted by Crippen LogP contribution is -2.26. The topological polar surface area (TPSA) is 35.5 Å². The molecule has 5 heteroatoms. The van der Waals surface area contributed by atoms with Crippen molar-refractivity contribution in [2.24, 2.45) is 0 Å². The third kappa shape index (κ3) is 6.96. The second-order valence-electron chi connectivity index (χ2n) is 16.6. The summed E-state index contributed by atoms with van der Waals surface area (Å²) in [7, 11) is -2.13. The molecule has 47 heavy (non-hydrogen) atoms. The van der Waals surface area contributed by atoms with Gasteiger partial charge in [-0.25, -0.2) is 0 Å². The van der Waals surface area contributed by atoms with E-state index in [-0.39, 0.29) is 18.8 Å². The van der Waals surface area contributed by atoms with Crippen LogP contribution in [0.15, 0.2) is 44.8 Å². The zero-order valence-electron chi connectivity index (χ0n) is 30.8. The summed E-state index contributed by atoms with van der Waals surface area (Å²) >= 11 is 0. The summed E-state index contributed by atoms with van der Waals surface area (Å²) in [6.45, 7) is 22.7. The van der Waals surface area contributed by atoms with E-state index in [4.69, 9.17) is 12.9 Å². The van der Waals surface area contributed by atoms with Gasteiger partial charge in [0.15, 0.2) is 0 Å². The van der Waals surface area contributed by atoms with Crippen LogP contribution in [0.5, 0.6) is 5.75 Å². The average molecular weight is 673 g/mol. The van der Waals surface area contributed by atoms with Gasteiger partial charge in [-0.2, -0.15) is 0 Å². The summed E-state index contributed by atoms with van der Waals surface area (Å²) in [5, 5.41) is 3.78. The van der Waals surface area contributed by atoms with Gasteiger partial charge in [-0.3, -0.25) is 0 Å². The highest BCUT2D eigenvalue weighted by Gasteiger charge is 2.35. The predicted octanol–water partition coefficient (Wildman–Crippen LogP) is 13.7. The van der Waals surface area contributed by atoms with E-state index in [0.717, 1.165) is 28.2 Å². The molecule has 2 fully saturated rings. The largest absolute Gasteiger partial charge is 0.453 e. The van der Waals surface area contributed by atoms with Crippen LogP contribution in [0.1, 0.15) is 139 Å². The van der Waals surface area contributed by atoms with Crippen LogP contribution < -0.4 is 9.83 Å². The summed E-state index contributed by atoms with van der Waals surface area (Å²) in [6, 6.07) is 13.6. The Hall–Kier alpha value is -2.21. The number of hydrogen-bond donors (Lipinski definition) is 0. The Morgan fingerprint density at radius 1 is 0.638 bits per heavy atom. The van der Waals surface area contributed by atoms with E-state index < -0.39 is 8.24 Å². The maximum Gasteiger partial charge on any atom is 0.453 e. The first kappa shape index (κ1) is 34.6. The number of aryl methyl sites for hydroxylation is 4. The fourth-order valence-corrected chi connectivity index (χ4v) is 13.2. The molecule has 1 aromatic heterocycles. The smallest absolute Gasteiger partial charge is 0.390 e. The molecule has 4 aromatic rings. The highest BCUT2D eigenvalue weighted by Crippen LogP contribution is 2.57. The van der Waals surface area contributed by atoms with E-state index in [1.165, 1.54) is 114 Å². The lowest BCUT2D eigenvalue weighted by atomic mass is 9.81. The van der Waals surface area contributed by atoms with Crippen LogP contribution in [0.2, 0.25) is 0 Å². The van der Waals surface area contributed by atoms with Crippen molar-refractivity contribution in [1.82, 2.24) is 0 Å². The fraction of sp³-hybridized carbons (Fsp3) is 0.571. The first-order valence-corrected chi connectivity index (χ1v) is 20.8. The standard InChI is InChI=1S/C42H58O3P2/c1-27-25-33(41(5,6)7)39-37(29(27)3)38-30(4)28(2)26-34(42(8,9)10)40(38)45-47(44-39)43-35-23-17-18-24-36(35)46(31-19-13-11-14-20-31)32-21-15-12-16-22-32/h17-18,23-26,31-32H,11-16,19-22H2,1-10H3. The molecule has 254 valence electrons. The molecule has 6 rings (SSSR count). The monoisotopic (exact) mass is 672 g/mol. The first-order valence-electron chi connectivity index (χ1n) is 18.3. The van der Waals surface area contributed by atoms with Gasteiger partial charge in [0.2, 0.25) is 0 Å². The fourth-order valence-electron chi connectivity index (χ4n) is 8.13. The van der Waals surface area contributed by atoms with Crippen molar-refractivity contribution < 1.29 is 12.9 Å². The van der Waals surface area contributed by atoms with Gasteiger partial charge >= 0.3 is 8.24 Å². The third-order valence-corrected chi connectivity index (χ3v) is 15.6. The second kappa shape index (κ2) is 13.6. The molecule has 3 aromatic carbocycles. The number of hydrogen-bond acceptors (Lipinski definition) is 3. The quantitative estimate of drug-likeness (QED) is 0.198. The minimum absolute atomic E-state index is 0.118. The Bertz CT molecular complexity index is 1680. The molecule has 0 amide bonds. The van der Waals surface area contributed by atoms with E-state index in [2.05, 4.69) is 106 Å². The molecule has 3 nitrogen and oxygen atoms in total. The zero-order chi connectivity index (χ0) is 33.7. The van der Waals surface area contributed by atoms with Crippen LogP contribution in [-0.4, -0.2) is 11.3 Å². The van der Waals surface area contributed by atoms with Crippen molar-refractivity contribution in [3.8, 4) is 5.75 Å². The van der Waals surface area contributed by atoms with Gasteiger partial charge in [0.1, 0.15) is 16.9 Å². The first-order chi connectivity index (χ1) is 22.3. The Kier molecular flexibility index (Phi) is 10.0. The molecule has 0 spiro atoms. The Labute approximate surface area is 286 Å². The van der Waals surface area contributed by atoms with Gasteiger partial charge in [0.25, 0.3) is 0 Å². The summed E-state index contributed by atoms with van der Waals surface area (Å²) in [4.78, 5) is 0. The Morgan fingerprint density at radius 2 is 1.06 bits per heavy atom. The molecule has 1 heterocycles. The number of rotatable bonds is 5. The number of benzene rings is 3. The third-order valence-electron chi connectivity index (χ3n) is 11.0. The lowest BCUT2D eigenvalue weighted by Gasteiger charge is -2.39. The molecule has 2 aliphatic rings. The predicted molar refractivity (Wildman–Crippen MR) is 205 cm³/mol. The molecule has 0 aliphatic heterocycles. The van der Waals surface area contributed by atoms with Crippen molar-refractivity contribution in [3.63, 3.8) is 0 Å². The van der Waals surface area contributed by atoms with Crippen LogP contribution in [0.25, 0.3) is 21.9 Å². The van der Waals surface area contributed by atoms with E-state index >= 15 is 0 Å². The highest BCUT2D eigenvalue weighted by atomic mass is 31.1. The number of fused-ring (bicyclic) bond motifs is 3.